The van der Waals surface area contributed by atoms with E-state index in [4.69, 9.17) is 9.15 Å². The Morgan fingerprint density at radius 1 is 1.08 bits per heavy atom. The van der Waals surface area contributed by atoms with Crippen LogP contribution in [0.2, 0.25) is 0 Å². The minimum Gasteiger partial charge on any atom is -0.469 e. The number of esters is 1. The molecule has 0 unspecified atom stereocenters. The Morgan fingerprint density at radius 2 is 1.79 bits per heavy atom. The first-order chi connectivity index (χ1) is 11.7. The van der Waals surface area contributed by atoms with Crippen LogP contribution in [0.3, 0.4) is 0 Å². The van der Waals surface area contributed by atoms with Crippen molar-refractivity contribution in [2.75, 3.05) is 13.1 Å². The van der Waals surface area contributed by atoms with Gasteiger partial charge in [-0.15, -0.1) is 0 Å². The van der Waals surface area contributed by atoms with Crippen molar-refractivity contribution in [3.8, 4) is 0 Å². The molecule has 126 valence electrons. The average Bonchev–Trinajstić information content (AvgIpc) is 3.06. The van der Waals surface area contributed by atoms with Crippen molar-refractivity contribution in [3.05, 3.63) is 59.5 Å². The molecule has 1 fully saturated rings. The summed E-state index contributed by atoms with van der Waals surface area (Å²) in [5.74, 6) is -0.215. The van der Waals surface area contributed by atoms with Gasteiger partial charge in [0.2, 0.25) is 6.10 Å². The van der Waals surface area contributed by atoms with Crippen LogP contribution in [0.25, 0.3) is 0 Å². The standard InChI is InChI=1S/C19H21NO4/c1-14-16(10-13-23-14)19(22)24-17(15-8-4-2-5-9-15)18(21)20-11-6-3-7-12-20/h2,4-5,8-10,13,17H,3,6-7,11-12H2,1H3/t17-/m0/s1. The molecular formula is C19H21NO4. The van der Waals surface area contributed by atoms with E-state index in [2.05, 4.69) is 0 Å². The van der Waals surface area contributed by atoms with E-state index >= 15 is 0 Å². The third-order valence-electron chi connectivity index (χ3n) is 4.30. The summed E-state index contributed by atoms with van der Waals surface area (Å²) in [6.45, 7) is 3.12. The molecule has 1 aromatic carbocycles. The lowest BCUT2D eigenvalue weighted by Crippen LogP contribution is -2.40. The SMILES string of the molecule is Cc1occc1C(=O)O[C@H](C(=O)N1CCCCC1)c1ccccc1. The van der Waals surface area contributed by atoms with Crippen LogP contribution < -0.4 is 0 Å². The van der Waals surface area contributed by atoms with Crippen LogP contribution >= 0.6 is 0 Å². The summed E-state index contributed by atoms with van der Waals surface area (Å²) >= 11 is 0. The molecule has 0 saturated carbocycles. The lowest BCUT2D eigenvalue weighted by atomic mass is 10.1. The summed E-state index contributed by atoms with van der Waals surface area (Å²) in [5, 5.41) is 0. The number of carbonyl (C=O) groups excluding carboxylic acids is 2. The first kappa shape index (κ1) is 16.3. The second-order valence-corrected chi connectivity index (χ2v) is 5.97. The van der Waals surface area contributed by atoms with Gasteiger partial charge in [0.15, 0.2) is 0 Å². The number of aryl methyl sites for hydroxylation is 1. The highest BCUT2D eigenvalue weighted by Gasteiger charge is 2.31. The maximum Gasteiger partial charge on any atom is 0.342 e. The van der Waals surface area contributed by atoms with Gasteiger partial charge in [-0.1, -0.05) is 30.3 Å². The van der Waals surface area contributed by atoms with E-state index in [0.29, 0.717) is 30.0 Å². The minimum absolute atomic E-state index is 0.157. The zero-order chi connectivity index (χ0) is 16.9. The van der Waals surface area contributed by atoms with E-state index in [1.165, 1.54) is 6.26 Å². The minimum atomic E-state index is -0.925. The number of hydrogen-bond acceptors (Lipinski definition) is 4. The molecule has 1 aliphatic heterocycles. The van der Waals surface area contributed by atoms with Gasteiger partial charge in [-0.2, -0.15) is 0 Å². The molecule has 1 aliphatic rings. The number of amides is 1. The zero-order valence-electron chi connectivity index (χ0n) is 13.7. The van der Waals surface area contributed by atoms with Gasteiger partial charge in [-0.05, 0) is 32.3 Å². The highest BCUT2D eigenvalue weighted by molar-refractivity contribution is 5.93. The number of rotatable bonds is 4. The van der Waals surface area contributed by atoms with Crippen molar-refractivity contribution in [2.45, 2.75) is 32.3 Å². The second kappa shape index (κ2) is 7.34. The summed E-state index contributed by atoms with van der Waals surface area (Å²) in [6.07, 6.45) is 3.62. The van der Waals surface area contributed by atoms with Gasteiger partial charge >= 0.3 is 5.97 Å². The highest BCUT2D eigenvalue weighted by atomic mass is 16.5. The summed E-state index contributed by atoms with van der Waals surface area (Å²) in [4.78, 5) is 27.1. The Balaban J connectivity index is 1.83. The molecular weight excluding hydrogens is 306 g/mol. The molecule has 0 radical (unpaired) electrons. The normalized spacial score (nSPS) is 15.8. The number of benzene rings is 1. The molecule has 0 N–H and O–H groups in total. The smallest absolute Gasteiger partial charge is 0.342 e. The van der Waals surface area contributed by atoms with Crippen molar-refractivity contribution in [1.82, 2.24) is 4.90 Å². The molecule has 1 saturated heterocycles. The lowest BCUT2D eigenvalue weighted by Gasteiger charge is -2.30. The second-order valence-electron chi connectivity index (χ2n) is 5.97. The maximum atomic E-state index is 12.9. The van der Waals surface area contributed by atoms with Crippen LogP contribution in [0.15, 0.2) is 47.1 Å². The van der Waals surface area contributed by atoms with Crippen LogP contribution in [-0.2, 0) is 9.53 Å². The van der Waals surface area contributed by atoms with Crippen LogP contribution in [0.4, 0.5) is 0 Å². The van der Waals surface area contributed by atoms with Gasteiger partial charge in [-0.3, -0.25) is 4.79 Å². The Morgan fingerprint density at radius 3 is 2.42 bits per heavy atom. The molecule has 2 heterocycles. The van der Waals surface area contributed by atoms with E-state index < -0.39 is 12.1 Å². The van der Waals surface area contributed by atoms with Crippen molar-refractivity contribution in [3.63, 3.8) is 0 Å². The van der Waals surface area contributed by atoms with E-state index in [9.17, 15) is 9.59 Å². The fraction of sp³-hybridized carbons (Fsp3) is 0.368. The third kappa shape index (κ3) is 3.50. The molecule has 3 rings (SSSR count). The first-order valence-electron chi connectivity index (χ1n) is 8.25. The van der Waals surface area contributed by atoms with Gasteiger partial charge in [0, 0.05) is 18.7 Å². The average molecular weight is 327 g/mol. The predicted octanol–water partition coefficient (Wildman–Crippen LogP) is 3.50. The van der Waals surface area contributed by atoms with E-state index in [-0.39, 0.29) is 5.91 Å². The molecule has 1 atom stereocenters. The van der Waals surface area contributed by atoms with Gasteiger partial charge in [0.25, 0.3) is 5.91 Å². The third-order valence-corrected chi connectivity index (χ3v) is 4.30. The summed E-state index contributed by atoms with van der Waals surface area (Å²) in [7, 11) is 0. The lowest BCUT2D eigenvalue weighted by molar-refractivity contribution is -0.142. The van der Waals surface area contributed by atoms with Gasteiger partial charge in [-0.25, -0.2) is 4.79 Å². The topological polar surface area (TPSA) is 59.8 Å². The van der Waals surface area contributed by atoms with Crippen LogP contribution in [0.1, 0.15) is 47.0 Å². The molecule has 5 heteroatoms. The van der Waals surface area contributed by atoms with Crippen LogP contribution in [0.5, 0.6) is 0 Å². The first-order valence-corrected chi connectivity index (χ1v) is 8.25. The van der Waals surface area contributed by atoms with E-state index in [1.807, 2.05) is 30.3 Å². The number of likely N-dealkylation sites (tertiary alicyclic amines) is 1. The molecule has 5 nitrogen and oxygen atoms in total. The van der Waals surface area contributed by atoms with Gasteiger partial charge in [0.1, 0.15) is 11.3 Å². The summed E-state index contributed by atoms with van der Waals surface area (Å²) in [6, 6.07) is 10.7. The highest BCUT2D eigenvalue weighted by Crippen LogP contribution is 2.24. The molecule has 24 heavy (non-hydrogen) atoms. The van der Waals surface area contributed by atoms with E-state index in [1.54, 1.807) is 17.9 Å². The maximum absolute atomic E-state index is 12.9. The van der Waals surface area contributed by atoms with Crippen molar-refractivity contribution in [1.29, 1.82) is 0 Å². The number of nitrogens with zero attached hydrogens (tertiary/aromatic N) is 1. The Hall–Kier alpha value is -2.56. The molecule has 1 aromatic heterocycles. The number of ether oxygens (including phenoxy) is 1. The fourth-order valence-corrected chi connectivity index (χ4v) is 2.94. The predicted molar refractivity (Wildman–Crippen MR) is 88.5 cm³/mol. The monoisotopic (exact) mass is 327 g/mol. The summed E-state index contributed by atoms with van der Waals surface area (Å²) < 4.78 is 10.7. The van der Waals surface area contributed by atoms with Gasteiger partial charge < -0.3 is 14.1 Å². The number of carbonyl (C=O) groups is 2. The van der Waals surface area contributed by atoms with Crippen molar-refractivity contribution < 1.29 is 18.7 Å². The summed E-state index contributed by atoms with van der Waals surface area (Å²) in [5.41, 5.74) is 1.03. The zero-order valence-corrected chi connectivity index (χ0v) is 13.7. The van der Waals surface area contributed by atoms with Crippen LogP contribution in [-0.4, -0.2) is 29.9 Å². The number of piperidine rings is 1. The number of hydrogen-bond donors (Lipinski definition) is 0. The molecule has 2 aromatic rings. The Kier molecular flexibility index (Phi) is 4.99. The van der Waals surface area contributed by atoms with E-state index in [0.717, 1.165) is 19.3 Å². The quantitative estimate of drug-likeness (QED) is 0.807. The van der Waals surface area contributed by atoms with Gasteiger partial charge in [0.05, 0.1) is 6.26 Å². The fourth-order valence-electron chi connectivity index (χ4n) is 2.94. The Labute approximate surface area is 141 Å². The molecule has 1 amide bonds. The number of furan rings is 1. The molecule has 0 bridgehead atoms. The molecule has 0 aliphatic carbocycles. The van der Waals surface area contributed by atoms with Crippen molar-refractivity contribution in [2.24, 2.45) is 0 Å². The van der Waals surface area contributed by atoms with Crippen LogP contribution in [0, 0.1) is 6.92 Å². The Bertz CT molecular complexity index is 701. The van der Waals surface area contributed by atoms with Crippen molar-refractivity contribution >= 4 is 11.9 Å². The largest absolute Gasteiger partial charge is 0.469 e. The molecule has 0 spiro atoms.